The average Bonchev–Trinajstić information content (AvgIpc) is 3.00. The van der Waals surface area contributed by atoms with Crippen LogP contribution in [-0.2, 0) is 26.5 Å². The highest BCUT2D eigenvalue weighted by molar-refractivity contribution is 7.93. The predicted molar refractivity (Wildman–Crippen MR) is 106 cm³/mol. The Labute approximate surface area is 160 Å². The molecule has 1 aliphatic rings. The highest BCUT2D eigenvalue weighted by Crippen LogP contribution is 2.33. The predicted octanol–water partition coefficient (Wildman–Crippen LogP) is 2.22. The van der Waals surface area contributed by atoms with Gasteiger partial charge in [-0.25, -0.2) is 16.8 Å². The van der Waals surface area contributed by atoms with Gasteiger partial charge >= 0.3 is 0 Å². The van der Waals surface area contributed by atoms with Crippen LogP contribution in [0.25, 0.3) is 0 Å². The van der Waals surface area contributed by atoms with E-state index in [1.807, 2.05) is 30.3 Å². The molecule has 0 atom stereocenters. The third-order valence-corrected chi connectivity index (χ3v) is 7.48. The van der Waals surface area contributed by atoms with Gasteiger partial charge in [0, 0.05) is 6.54 Å². The van der Waals surface area contributed by atoms with Gasteiger partial charge in [-0.3, -0.25) is 9.03 Å². The van der Waals surface area contributed by atoms with E-state index in [4.69, 9.17) is 4.74 Å². The number of nitrogens with one attached hydrogen (secondary N) is 1. The second-order valence-electron chi connectivity index (χ2n) is 6.28. The first-order chi connectivity index (χ1) is 12.8. The highest BCUT2D eigenvalue weighted by Gasteiger charge is 2.29. The van der Waals surface area contributed by atoms with Crippen molar-refractivity contribution in [1.29, 1.82) is 0 Å². The van der Waals surface area contributed by atoms with E-state index in [9.17, 15) is 16.8 Å². The summed E-state index contributed by atoms with van der Waals surface area (Å²) in [7, 11) is -5.55. The van der Waals surface area contributed by atoms with E-state index in [1.54, 1.807) is 12.1 Å². The van der Waals surface area contributed by atoms with Gasteiger partial charge in [0.25, 0.3) is 0 Å². The largest absolute Gasteiger partial charge is 0.495 e. The van der Waals surface area contributed by atoms with Gasteiger partial charge in [-0.15, -0.1) is 0 Å². The van der Waals surface area contributed by atoms with E-state index in [-0.39, 0.29) is 17.2 Å². The minimum atomic E-state index is -3.63. The lowest BCUT2D eigenvalue weighted by Gasteiger charge is -2.19. The number of aryl methyl sites for hydroxylation is 1. The molecule has 1 aliphatic heterocycles. The van der Waals surface area contributed by atoms with Gasteiger partial charge in [-0.2, -0.15) is 0 Å². The molecule has 7 nitrogen and oxygen atoms in total. The molecule has 0 aromatic heterocycles. The fourth-order valence-corrected chi connectivity index (χ4v) is 5.63. The summed E-state index contributed by atoms with van der Waals surface area (Å²) in [5.74, 6) is 0.336. The van der Waals surface area contributed by atoms with Crippen LogP contribution in [0, 0.1) is 0 Å². The summed E-state index contributed by atoms with van der Waals surface area (Å²) in [5.41, 5.74) is 1.57. The van der Waals surface area contributed by atoms with Crippen LogP contribution in [-0.4, -0.2) is 42.0 Å². The zero-order valence-electron chi connectivity index (χ0n) is 15.0. The summed E-state index contributed by atoms with van der Waals surface area (Å²) in [6, 6.07) is 14.0. The Kier molecular flexibility index (Phi) is 5.61. The number of rotatable bonds is 7. The smallest absolute Gasteiger partial charge is 0.235 e. The molecule has 27 heavy (non-hydrogen) atoms. The second-order valence-corrected chi connectivity index (χ2v) is 10.1. The van der Waals surface area contributed by atoms with Crippen LogP contribution in [0.2, 0.25) is 0 Å². The van der Waals surface area contributed by atoms with Gasteiger partial charge in [0.2, 0.25) is 20.0 Å². The van der Waals surface area contributed by atoms with Crippen molar-refractivity contribution in [2.24, 2.45) is 0 Å². The monoisotopic (exact) mass is 410 g/mol. The molecule has 1 fully saturated rings. The van der Waals surface area contributed by atoms with E-state index in [0.717, 1.165) is 5.56 Å². The topological polar surface area (TPSA) is 92.8 Å². The van der Waals surface area contributed by atoms with E-state index >= 15 is 0 Å². The van der Waals surface area contributed by atoms with Crippen LogP contribution in [0.5, 0.6) is 5.75 Å². The molecule has 2 aromatic carbocycles. The summed E-state index contributed by atoms with van der Waals surface area (Å²) >= 11 is 0. The molecule has 0 radical (unpaired) electrons. The van der Waals surface area contributed by atoms with Crippen molar-refractivity contribution in [2.75, 3.05) is 34.2 Å². The first kappa shape index (κ1) is 19.5. The third kappa shape index (κ3) is 4.72. The number of benzene rings is 2. The maximum absolute atomic E-state index is 12.5. The molecule has 0 spiro atoms. The molecule has 0 amide bonds. The van der Waals surface area contributed by atoms with Crippen LogP contribution >= 0.6 is 0 Å². The van der Waals surface area contributed by atoms with Gasteiger partial charge in [-0.05, 0) is 36.6 Å². The van der Waals surface area contributed by atoms with Crippen molar-refractivity contribution < 1.29 is 21.6 Å². The Bertz CT molecular complexity index is 1010. The van der Waals surface area contributed by atoms with Crippen LogP contribution in [0.15, 0.2) is 48.5 Å². The number of hydrogen-bond donors (Lipinski definition) is 1. The van der Waals surface area contributed by atoms with E-state index in [0.29, 0.717) is 30.8 Å². The van der Waals surface area contributed by atoms with Crippen molar-refractivity contribution in [3.63, 3.8) is 0 Å². The van der Waals surface area contributed by atoms with Crippen molar-refractivity contribution in [1.82, 2.24) is 0 Å². The molecule has 1 heterocycles. The third-order valence-electron chi connectivity index (χ3n) is 4.34. The second kappa shape index (κ2) is 7.77. The lowest BCUT2D eigenvalue weighted by molar-refractivity contribution is 0.417. The highest BCUT2D eigenvalue weighted by atomic mass is 32.2. The molecule has 2 aromatic rings. The minimum absolute atomic E-state index is 0.0909. The van der Waals surface area contributed by atoms with Crippen LogP contribution in [0.1, 0.15) is 12.0 Å². The van der Waals surface area contributed by atoms with Crippen LogP contribution < -0.4 is 13.8 Å². The van der Waals surface area contributed by atoms with Crippen molar-refractivity contribution in [3.05, 3.63) is 54.1 Å². The Morgan fingerprint density at radius 2 is 1.89 bits per heavy atom. The molecular formula is C18H22N2O5S2. The van der Waals surface area contributed by atoms with E-state index in [2.05, 4.69) is 4.72 Å². The van der Waals surface area contributed by atoms with Gasteiger partial charge in [0.05, 0.1) is 30.0 Å². The SMILES string of the molecule is COc1ccc(N2CCCS2(=O)=O)cc1NS(=O)(=O)CCc1ccccc1. The number of ether oxygens (including phenoxy) is 1. The molecule has 0 saturated carbocycles. The lowest BCUT2D eigenvalue weighted by Crippen LogP contribution is -2.25. The maximum atomic E-state index is 12.5. The van der Waals surface area contributed by atoms with Gasteiger partial charge in [0.1, 0.15) is 5.75 Å². The van der Waals surface area contributed by atoms with Crippen LogP contribution in [0.3, 0.4) is 0 Å². The fourth-order valence-electron chi connectivity index (χ4n) is 2.98. The van der Waals surface area contributed by atoms with E-state index < -0.39 is 20.0 Å². The Hall–Kier alpha value is -2.26. The summed E-state index contributed by atoms with van der Waals surface area (Å²) < 4.78 is 58.3. The number of hydrogen-bond acceptors (Lipinski definition) is 5. The Balaban J connectivity index is 1.81. The maximum Gasteiger partial charge on any atom is 0.235 e. The number of sulfonamides is 2. The minimum Gasteiger partial charge on any atom is -0.495 e. The summed E-state index contributed by atoms with van der Waals surface area (Å²) in [6.07, 6.45) is 0.922. The van der Waals surface area contributed by atoms with Crippen LogP contribution in [0.4, 0.5) is 11.4 Å². The number of anilines is 2. The van der Waals surface area contributed by atoms with Gasteiger partial charge in [0.15, 0.2) is 0 Å². The molecule has 146 valence electrons. The summed E-state index contributed by atoms with van der Waals surface area (Å²) in [5, 5.41) is 0. The zero-order chi connectivity index (χ0) is 19.5. The molecule has 0 unspecified atom stereocenters. The first-order valence-corrected chi connectivity index (χ1v) is 11.8. The molecule has 3 rings (SSSR count). The molecular weight excluding hydrogens is 388 g/mol. The quantitative estimate of drug-likeness (QED) is 0.756. The first-order valence-electron chi connectivity index (χ1n) is 8.54. The van der Waals surface area contributed by atoms with Gasteiger partial charge in [-0.1, -0.05) is 30.3 Å². The standard InChI is InChI=1S/C18H22N2O5S2/c1-25-18-9-8-16(20-11-5-12-27(20,23)24)14-17(18)19-26(21,22)13-10-15-6-3-2-4-7-15/h2-4,6-9,14,19H,5,10-13H2,1H3. The Morgan fingerprint density at radius 1 is 1.15 bits per heavy atom. The lowest BCUT2D eigenvalue weighted by atomic mass is 10.2. The molecule has 1 saturated heterocycles. The van der Waals surface area contributed by atoms with E-state index in [1.165, 1.54) is 17.5 Å². The number of methoxy groups -OCH3 is 1. The zero-order valence-corrected chi connectivity index (χ0v) is 16.6. The Morgan fingerprint density at radius 3 is 2.52 bits per heavy atom. The summed E-state index contributed by atoms with van der Waals surface area (Å²) in [4.78, 5) is 0. The van der Waals surface area contributed by atoms with Gasteiger partial charge < -0.3 is 4.74 Å². The number of nitrogens with zero attached hydrogens (tertiary/aromatic N) is 1. The normalized spacial score (nSPS) is 16.3. The van der Waals surface area contributed by atoms with Crippen molar-refractivity contribution >= 4 is 31.4 Å². The van der Waals surface area contributed by atoms with Crippen molar-refractivity contribution in [2.45, 2.75) is 12.8 Å². The average molecular weight is 411 g/mol. The molecule has 1 N–H and O–H groups in total. The molecule has 0 aliphatic carbocycles. The van der Waals surface area contributed by atoms with Crippen molar-refractivity contribution in [3.8, 4) is 5.75 Å². The molecule has 9 heteroatoms. The molecule has 0 bridgehead atoms. The summed E-state index contributed by atoms with van der Waals surface area (Å²) in [6.45, 7) is 0.384. The fraction of sp³-hybridized carbons (Fsp3) is 0.333.